The number of benzene rings is 1. The van der Waals surface area contributed by atoms with Gasteiger partial charge in [-0.05, 0) is 24.3 Å². The molecule has 2 aromatic rings. The molecule has 1 unspecified atom stereocenters. The number of aromatic nitrogens is 1. The van der Waals surface area contributed by atoms with E-state index >= 15 is 0 Å². The number of Topliss-reactive ketones (excluding diaryl/α,β-unsaturated/α-hetero) is 1. The summed E-state index contributed by atoms with van der Waals surface area (Å²) >= 11 is 0. The van der Waals surface area contributed by atoms with Gasteiger partial charge in [-0.3, -0.25) is 9.59 Å². The molecule has 0 amide bonds. The minimum Gasteiger partial charge on any atom is -0.476 e. The van der Waals surface area contributed by atoms with Gasteiger partial charge in [-0.15, -0.1) is 0 Å². The Morgan fingerprint density at radius 2 is 1.90 bits per heavy atom. The lowest BCUT2D eigenvalue weighted by molar-refractivity contribution is -0.142. The number of hydrogen-bond donors (Lipinski definition) is 1. The van der Waals surface area contributed by atoms with E-state index in [1.54, 1.807) is 30.5 Å². The van der Waals surface area contributed by atoms with E-state index in [4.69, 9.17) is 9.47 Å². The summed E-state index contributed by atoms with van der Waals surface area (Å²) in [4.78, 5) is 26.0. The maximum atomic E-state index is 12.3. The van der Waals surface area contributed by atoms with Gasteiger partial charge in [0.2, 0.25) is 0 Å². The third-order valence-electron chi connectivity index (χ3n) is 2.85. The van der Waals surface area contributed by atoms with E-state index in [2.05, 4.69) is 4.98 Å². The van der Waals surface area contributed by atoms with Crippen molar-refractivity contribution in [2.75, 3.05) is 6.61 Å². The second kappa shape index (κ2) is 7.28. The lowest BCUT2D eigenvalue weighted by atomic mass is 10.1. The Labute approximate surface area is 122 Å². The SMILES string of the molecule is CC(=O)OCCC(=O)C(Oc1ccccc1)c1ccc[nH]1. The first-order valence-electron chi connectivity index (χ1n) is 6.68. The van der Waals surface area contributed by atoms with E-state index in [0.717, 1.165) is 0 Å². The third kappa shape index (κ3) is 4.49. The van der Waals surface area contributed by atoms with Crippen molar-refractivity contribution in [3.8, 4) is 5.75 Å². The number of carbonyl (C=O) groups excluding carboxylic acids is 2. The van der Waals surface area contributed by atoms with Gasteiger partial charge in [0, 0.05) is 19.5 Å². The van der Waals surface area contributed by atoms with Crippen molar-refractivity contribution >= 4 is 11.8 Å². The minimum absolute atomic E-state index is 0.0591. The number of nitrogens with one attached hydrogen (secondary N) is 1. The molecule has 0 bridgehead atoms. The number of hydrogen-bond acceptors (Lipinski definition) is 4. The lowest BCUT2D eigenvalue weighted by Gasteiger charge is -2.17. The molecule has 1 atom stereocenters. The van der Waals surface area contributed by atoms with E-state index in [9.17, 15) is 9.59 Å². The fourth-order valence-electron chi connectivity index (χ4n) is 1.87. The maximum Gasteiger partial charge on any atom is 0.302 e. The highest BCUT2D eigenvalue weighted by Gasteiger charge is 2.23. The van der Waals surface area contributed by atoms with Crippen molar-refractivity contribution < 1.29 is 19.1 Å². The standard InChI is InChI=1S/C16H17NO4/c1-12(18)20-11-9-15(19)16(14-8-5-10-17-14)21-13-6-3-2-4-7-13/h2-8,10,16-17H,9,11H2,1H3. The lowest BCUT2D eigenvalue weighted by Crippen LogP contribution is -2.21. The van der Waals surface area contributed by atoms with Crippen LogP contribution in [0.4, 0.5) is 0 Å². The van der Waals surface area contributed by atoms with Crippen LogP contribution in [0.5, 0.6) is 5.75 Å². The molecule has 0 fully saturated rings. The summed E-state index contributed by atoms with van der Waals surface area (Å²) in [5, 5.41) is 0. The molecule has 110 valence electrons. The van der Waals surface area contributed by atoms with Crippen molar-refractivity contribution in [1.29, 1.82) is 0 Å². The summed E-state index contributed by atoms with van der Waals surface area (Å²) in [6.45, 7) is 1.37. The largest absolute Gasteiger partial charge is 0.476 e. The Morgan fingerprint density at radius 1 is 1.14 bits per heavy atom. The van der Waals surface area contributed by atoms with Crippen molar-refractivity contribution in [1.82, 2.24) is 4.98 Å². The first kappa shape index (κ1) is 14.8. The predicted octanol–water partition coefficient (Wildman–Crippen LogP) is 2.66. The van der Waals surface area contributed by atoms with Gasteiger partial charge in [-0.25, -0.2) is 0 Å². The summed E-state index contributed by atoms with van der Waals surface area (Å²) in [6.07, 6.45) is 1.10. The Balaban J connectivity index is 2.06. The zero-order valence-corrected chi connectivity index (χ0v) is 11.7. The number of para-hydroxylation sites is 1. The van der Waals surface area contributed by atoms with Crippen LogP contribution in [-0.4, -0.2) is 23.3 Å². The number of H-pyrrole nitrogens is 1. The van der Waals surface area contributed by atoms with E-state index < -0.39 is 12.1 Å². The molecule has 21 heavy (non-hydrogen) atoms. The molecule has 0 spiro atoms. The highest BCUT2D eigenvalue weighted by atomic mass is 16.5. The van der Waals surface area contributed by atoms with E-state index in [-0.39, 0.29) is 18.8 Å². The smallest absolute Gasteiger partial charge is 0.302 e. The Morgan fingerprint density at radius 3 is 2.52 bits per heavy atom. The van der Waals surface area contributed by atoms with Crippen LogP contribution in [0.2, 0.25) is 0 Å². The van der Waals surface area contributed by atoms with Crippen molar-refractivity contribution in [3.63, 3.8) is 0 Å². The molecule has 0 saturated heterocycles. The molecule has 5 heteroatoms. The van der Waals surface area contributed by atoms with Gasteiger partial charge in [0.25, 0.3) is 0 Å². The van der Waals surface area contributed by atoms with Crippen LogP contribution in [0.1, 0.15) is 25.1 Å². The van der Waals surface area contributed by atoms with Crippen molar-refractivity contribution in [3.05, 3.63) is 54.4 Å². The number of aromatic amines is 1. The van der Waals surface area contributed by atoms with Crippen molar-refractivity contribution in [2.24, 2.45) is 0 Å². The molecule has 1 aromatic heterocycles. The third-order valence-corrected chi connectivity index (χ3v) is 2.85. The molecule has 0 saturated carbocycles. The zero-order valence-electron chi connectivity index (χ0n) is 11.7. The molecule has 0 radical (unpaired) electrons. The second-order valence-corrected chi connectivity index (χ2v) is 4.49. The highest BCUT2D eigenvalue weighted by molar-refractivity contribution is 5.84. The van der Waals surface area contributed by atoms with Gasteiger partial charge in [0.15, 0.2) is 11.9 Å². The molecule has 1 N–H and O–H groups in total. The number of carbonyl (C=O) groups is 2. The van der Waals surface area contributed by atoms with E-state index in [1.165, 1.54) is 6.92 Å². The topological polar surface area (TPSA) is 68.4 Å². The molecular weight excluding hydrogens is 270 g/mol. The summed E-state index contributed by atoms with van der Waals surface area (Å²) in [7, 11) is 0. The van der Waals surface area contributed by atoms with Crippen LogP contribution in [0.15, 0.2) is 48.7 Å². The number of esters is 1. The van der Waals surface area contributed by atoms with Gasteiger partial charge in [0.1, 0.15) is 5.75 Å². The number of ketones is 1. The van der Waals surface area contributed by atoms with E-state index in [1.807, 2.05) is 18.2 Å². The van der Waals surface area contributed by atoms with Gasteiger partial charge in [-0.1, -0.05) is 18.2 Å². The predicted molar refractivity (Wildman–Crippen MR) is 76.9 cm³/mol. The van der Waals surface area contributed by atoms with Crippen LogP contribution in [0, 0.1) is 0 Å². The average molecular weight is 287 g/mol. The summed E-state index contributed by atoms with van der Waals surface area (Å²) in [6, 6.07) is 12.7. The molecule has 0 aliphatic heterocycles. The number of ether oxygens (including phenoxy) is 2. The molecule has 1 aromatic carbocycles. The van der Waals surface area contributed by atoms with Crippen LogP contribution in [0.25, 0.3) is 0 Å². The fraction of sp³-hybridized carbons (Fsp3) is 0.250. The summed E-state index contributed by atoms with van der Waals surface area (Å²) in [5.74, 6) is 0.0590. The van der Waals surface area contributed by atoms with Crippen LogP contribution in [-0.2, 0) is 14.3 Å². The normalized spacial score (nSPS) is 11.7. The molecule has 2 rings (SSSR count). The molecule has 0 aliphatic carbocycles. The maximum absolute atomic E-state index is 12.3. The second-order valence-electron chi connectivity index (χ2n) is 4.49. The average Bonchev–Trinajstić information content (AvgIpc) is 2.99. The quantitative estimate of drug-likeness (QED) is 0.795. The molecule has 0 aliphatic rings. The summed E-state index contributed by atoms with van der Waals surface area (Å²) in [5.41, 5.74) is 0.673. The van der Waals surface area contributed by atoms with Gasteiger partial charge >= 0.3 is 5.97 Å². The first-order valence-corrected chi connectivity index (χ1v) is 6.68. The van der Waals surface area contributed by atoms with Crippen LogP contribution >= 0.6 is 0 Å². The fourth-order valence-corrected chi connectivity index (χ4v) is 1.87. The molecule has 1 heterocycles. The van der Waals surface area contributed by atoms with Crippen LogP contribution < -0.4 is 4.74 Å². The summed E-state index contributed by atoms with van der Waals surface area (Å²) < 4.78 is 10.6. The zero-order chi connectivity index (χ0) is 15.1. The Kier molecular flexibility index (Phi) is 5.15. The molecule has 5 nitrogen and oxygen atoms in total. The van der Waals surface area contributed by atoms with E-state index in [0.29, 0.717) is 11.4 Å². The Bertz CT molecular complexity index is 578. The molecular formula is C16H17NO4. The van der Waals surface area contributed by atoms with Gasteiger partial charge < -0.3 is 14.5 Å². The minimum atomic E-state index is -0.738. The number of rotatable bonds is 7. The Hall–Kier alpha value is -2.56. The van der Waals surface area contributed by atoms with Gasteiger partial charge in [-0.2, -0.15) is 0 Å². The first-order chi connectivity index (χ1) is 10.2. The van der Waals surface area contributed by atoms with Crippen LogP contribution in [0.3, 0.4) is 0 Å². The van der Waals surface area contributed by atoms with Crippen molar-refractivity contribution in [2.45, 2.75) is 19.4 Å². The van der Waals surface area contributed by atoms with Gasteiger partial charge in [0.05, 0.1) is 12.3 Å². The monoisotopic (exact) mass is 287 g/mol. The highest BCUT2D eigenvalue weighted by Crippen LogP contribution is 2.22.